The number of rotatable bonds is 4. The van der Waals surface area contributed by atoms with E-state index in [0.29, 0.717) is 12.2 Å². The van der Waals surface area contributed by atoms with Crippen molar-refractivity contribution in [3.05, 3.63) is 68.0 Å². The summed E-state index contributed by atoms with van der Waals surface area (Å²) in [6.45, 7) is 10.3. The van der Waals surface area contributed by atoms with E-state index in [2.05, 4.69) is 9.97 Å². The van der Waals surface area contributed by atoms with Crippen LogP contribution in [-0.4, -0.2) is 26.5 Å². The minimum atomic E-state index is -0.578. The van der Waals surface area contributed by atoms with Gasteiger partial charge in [-0.25, -0.2) is 9.78 Å². The number of nitrogens with one attached hydrogen (secondary N) is 1. The maximum absolute atomic E-state index is 13.8. The fraction of sp³-hybridized carbons (Fsp3) is 0.417. The molecule has 31 heavy (non-hydrogen) atoms. The topological polar surface area (TPSA) is 88.1 Å². The van der Waals surface area contributed by atoms with Crippen molar-refractivity contribution in [3.8, 4) is 0 Å². The number of benzene rings is 1. The molecule has 0 aliphatic carbocycles. The van der Waals surface area contributed by atoms with Crippen molar-refractivity contribution in [2.75, 3.05) is 4.90 Å². The third kappa shape index (κ3) is 3.58. The van der Waals surface area contributed by atoms with Crippen molar-refractivity contribution in [3.63, 3.8) is 0 Å². The Morgan fingerprint density at radius 3 is 2.58 bits per heavy atom. The summed E-state index contributed by atoms with van der Waals surface area (Å²) in [6, 6.07) is 9.51. The first-order valence-electron chi connectivity index (χ1n) is 10.8. The molecule has 3 heterocycles. The highest BCUT2D eigenvalue weighted by atomic mass is 16.2. The Balaban J connectivity index is 2.01. The quantitative estimate of drug-likeness (QED) is 0.700. The summed E-state index contributed by atoms with van der Waals surface area (Å²) in [5, 5.41) is 0.172. The molecule has 1 unspecified atom stereocenters. The Kier molecular flexibility index (Phi) is 5.29. The molecule has 4 rings (SSSR count). The number of nitrogens with zero attached hydrogens (tertiary/aromatic N) is 3. The highest BCUT2D eigenvalue weighted by Crippen LogP contribution is 2.34. The van der Waals surface area contributed by atoms with Gasteiger partial charge in [0.1, 0.15) is 0 Å². The Labute approximate surface area is 180 Å². The molecule has 0 saturated carbocycles. The van der Waals surface area contributed by atoms with Crippen LogP contribution in [0.5, 0.6) is 0 Å². The number of carbonyl (C=O) groups excluding carboxylic acids is 1. The molecule has 0 fully saturated rings. The number of hydrogen-bond donors (Lipinski definition) is 1. The molecule has 0 spiro atoms. The van der Waals surface area contributed by atoms with Crippen LogP contribution in [0.15, 0.2) is 39.9 Å². The fourth-order valence-corrected chi connectivity index (χ4v) is 4.30. The van der Waals surface area contributed by atoms with Gasteiger partial charge in [0.25, 0.3) is 11.5 Å². The summed E-state index contributed by atoms with van der Waals surface area (Å²) in [4.78, 5) is 48.1. The molecule has 0 bridgehead atoms. The van der Waals surface area contributed by atoms with Crippen LogP contribution in [0.25, 0.3) is 11.0 Å². The highest BCUT2D eigenvalue weighted by molar-refractivity contribution is 6.14. The van der Waals surface area contributed by atoms with Crippen molar-refractivity contribution in [1.29, 1.82) is 0 Å². The second kappa shape index (κ2) is 7.80. The van der Waals surface area contributed by atoms with Gasteiger partial charge in [-0.15, -0.1) is 0 Å². The van der Waals surface area contributed by atoms with Gasteiger partial charge >= 0.3 is 5.69 Å². The van der Waals surface area contributed by atoms with Crippen molar-refractivity contribution in [2.24, 2.45) is 5.92 Å². The van der Waals surface area contributed by atoms with Crippen LogP contribution in [-0.2, 0) is 13.0 Å². The molecule has 1 N–H and O–H groups in total. The third-order valence-electron chi connectivity index (χ3n) is 5.76. The van der Waals surface area contributed by atoms with Crippen molar-refractivity contribution in [2.45, 2.75) is 59.5 Å². The lowest BCUT2D eigenvalue weighted by molar-refractivity contribution is 0.0982. The molecular weight excluding hydrogens is 392 g/mol. The number of H-pyrrole nitrogens is 1. The van der Waals surface area contributed by atoms with E-state index >= 15 is 0 Å². The minimum Gasteiger partial charge on any atom is -0.305 e. The molecule has 0 saturated heterocycles. The van der Waals surface area contributed by atoms with Crippen molar-refractivity contribution >= 4 is 22.6 Å². The molecule has 162 valence electrons. The van der Waals surface area contributed by atoms with Crippen molar-refractivity contribution in [1.82, 2.24) is 14.5 Å². The van der Waals surface area contributed by atoms with Crippen LogP contribution in [0, 0.1) is 5.92 Å². The standard InChI is InChI=1S/C24H28N4O3/c1-13(2)12-27-21-20(22(29)26-24(27)31)17(11-18(25-21)14(3)4)23(30)28-15(5)10-16-8-6-7-9-19(16)28/h6-9,11,13-15H,10,12H2,1-5H3,(H,26,29,31). The second-order valence-electron chi connectivity index (χ2n) is 9.07. The first-order chi connectivity index (χ1) is 14.7. The molecule has 7 heteroatoms. The average molecular weight is 421 g/mol. The summed E-state index contributed by atoms with van der Waals surface area (Å²) in [5.41, 5.74) is 2.13. The Bertz CT molecular complexity index is 1290. The zero-order chi connectivity index (χ0) is 22.4. The molecule has 1 aliphatic rings. The first kappa shape index (κ1) is 21.0. The lowest BCUT2D eigenvalue weighted by Crippen LogP contribution is -2.38. The molecule has 0 radical (unpaired) electrons. The van der Waals surface area contributed by atoms with E-state index in [1.165, 1.54) is 4.57 Å². The van der Waals surface area contributed by atoms with Crippen LogP contribution < -0.4 is 16.1 Å². The zero-order valence-electron chi connectivity index (χ0n) is 18.6. The van der Waals surface area contributed by atoms with Crippen LogP contribution >= 0.6 is 0 Å². The number of amides is 1. The van der Waals surface area contributed by atoms with Gasteiger partial charge in [0.05, 0.1) is 10.9 Å². The number of aromatic nitrogens is 3. The summed E-state index contributed by atoms with van der Waals surface area (Å²) in [6.07, 6.45) is 0.760. The van der Waals surface area contributed by atoms with Gasteiger partial charge in [-0.1, -0.05) is 45.9 Å². The number of anilines is 1. The Morgan fingerprint density at radius 1 is 1.19 bits per heavy atom. The third-order valence-corrected chi connectivity index (χ3v) is 5.76. The van der Waals surface area contributed by atoms with Gasteiger partial charge in [-0.3, -0.25) is 19.1 Å². The molecule has 2 aromatic heterocycles. The Hall–Kier alpha value is -3.22. The van der Waals surface area contributed by atoms with Gasteiger partial charge in [0.15, 0.2) is 5.65 Å². The van der Waals surface area contributed by atoms with Gasteiger partial charge < -0.3 is 4.90 Å². The number of pyridine rings is 1. The van der Waals surface area contributed by atoms with Crippen molar-refractivity contribution < 1.29 is 4.79 Å². The van der Waals surface area contributed by atoms with Gasteiger partial charge in [-0.2, -0.15) is 0 Å². The monoisotopic (exact) mass is 420 g/mol. The lowest BCUT2D eigenvalue weighted by atomic mass is 10.0. The first-order valence-corrected chi connectivity index (χ1v) is 10.8. The molecule has 1 aliphatic heterocycles. The molecule has 1 aromatic carbocycles. The predicted molar refractivity (Wildman–Crippen MR) is 122 cm³/mol. The van der Waals surface area contributed by atoms with Crippen LogP contribution in [0.3, 0.4) is 0 Å². The van der Waals surface area contributed by atoms with E-state index < -0.39 is 11.2 Å². The molecule has 1 amide bonds. The summed E-state index contributed by atoms with van der Waals surface area (Å²) in [5.74, 6) is -0.0472. The second-order valence-corrected chi connectivity index (χ2v) is 9.07. The van der Waals surface area contributed by atoms with E-state index in [1.54, 1.807) is 11.0 Å². The van der Waals surface area contributed by atoms with Crippen LogP contribution in [0.4, 0.5) is 5.69 Å². The fourth-order valence-electron chi connectivity index (χ4n) is 4.30. The van der Waals surface area contributed by atoms with E-state index in [1.807, 2.05) is 58.9 Å². The minimum absolute atomic E-state index is 0.0288. The SMILES string of the molecule is CC(C)Cn1c(=O)[nH]c(=O)c2c(C(=O)N3c4ccccc4CC3C)cc(C(C)C)nc21. The lowest BCUT2D eigenvalue weighted by Gasteiger charge is -2.24. The van der Waals surface area contributed by atoms with Crippen LogP contribution in [0.2, 0.25) is 0 Å². The predicted octanol–water partition coefficient (Wildman–Crippen LogP) is 3.46. The molecule has 1 atom stereocenters. The average Bonchev–Trinajstić information content (AvgIpc) is 3.05. The maximum Gasteiger partial charge on any atom is 0.330 e. The Morgan fingerprint density at radius 2 is 1.90 bits per heavy atom. The van der Waals surface area contributed by atoms with Gasteiger partial charge in [-0.05, 0) is 42.9 Å². The smallest absolute Gasteiger partial charge is 0.305 e. The van der Waals surface area contributed by atoms with Crippen LogP contribution in [0.1, 0.15) is 62.2 Å². The largest absolute Gasteiger partial charge is 0.330 e. The van der Waals surface area contributed by atoms with E-state index in [-0.39, 0.29) is 40.4 Å². The van der Waals surface area contributed by atoms with E-state index in [9.17, 15) is 14.4 Å². The summed E-state index contributed by atoms with van der Waals surface area (Å²) in [7, 11) is 0. The zero-order valence-corrected chi connectivity index (χ0v) is 18.6. The van der Waals surface area contributed by atoms with Gasteiger partial charge in [0, 0.05) is 24.0 Å². The number of carbonyl (C=O) groups is 1. The summed E-state index contributed by atoms with van der Waals surface area (Å²) < 4.78 is 1.48. The number of fused-ring (bicyclic) bond motifs is 2. The molecular formula is C24H28N4O3. The molecule has 3 aromatic rings. The highest BCUT2D eigenvalue weighted by Gasteiger charge is 2.33. The van der Waals surface area contributed by atoms with E-state index in [0.717, 1.165) is 17.7 Å². The normalized spacial score (nSPS) is 15.8. The summed E-state index contributed by atoms with van der Waals surface area (Å²) >= 11 is 0. The van der Waals surface area contributed by atoms with E-state index in [4.69, 9.17) is 0 Å². The number of aromatic amines is 1. The van der Waals surface area contributed by atoms with Gasteiger partial charge in [0.2, 0.25) is 0 Å². The number of para-hydroxylation sites is 1. The number of hydrogen-bond acceptors (Lipinski definition) is 4. The molecule has 7 nitrogen and oxygen atoms in total. The maximum atomic E-state index is 13.8.